The fourth-order valence-corrected chi connectivity index (χ4v) is 4.25. The number of para-hydroxylation sites is 1. The van der Waals surface area contributed by atoms with Gasteiger partial charge in [-0.05, 0) is 36.8 Å². The topological polar surface area (TPSA) is 64.0 Å². The summed E-state index contributed by atoms with van der Waals surface area (Å²) in [5.74, 6) is -1.06. The molecule has 0 fully saturated rings. The standard InChI is InChI=1S/C21H15ClFN3O2S/c1-12-18(13-6-8-14(22)9-7-13)19-20(29-12)24-11-26(21(19)28)10-17(27)25-16-5-3-2-4-15(16)23/h2-9,11H,10H2,1H3,(H,25,27). The molecule has 5 nitrogen and oxygen atoms in total. The maximum Gasteiger partial charge on any atom is 0.263 e. The summed E-state index contributed by atoms with van der Waals surface area (Å²) >= 11 is 7.39. The summed E-state index contributed by atoms with van der Waals surface area (Å²) in [5, 5.41) is 3.54. The average molecular weight is 428 g/mol. The molecule has 0 spiro atoms. The van der Waals surface area contributed by atoms with Crippen LogP contribution in [-0.2, 0) is 11.3 Å². The summed E-state index contributed by atoms with van der Waals surface area (Å²) in [7, 11) is 0. The van der Waals surface area contributed by atoms with E-state index in [0.29, 0.717) is 15.2 Å². The third-order valence-corrected chi connectivity index (χ3v) is 5.71. The number of aryl methyl sites for hydroxylation is 1. The van der Waals surface area contributed by atoms with Crippen LogP contribution in [0.15, 0.2) is 59.7 Å². The van der Waals surface area contributed by atoms with Gasteiger partial charge in [0, 0.05) is 15.5 Å². The number of nitrogens with one attached hydrogen (secondary N) is 1. The molecule has 2 heterocycles. The molecule has 0 unspecified atom stereocenters. The highest BCUT2D eigenvalue weighted by molar-refractivity contribution is 7.19. The second-order valence-corrected chi connectivity index (χ2v) is 8.07. The fraction of sp³-hybridized carbons (Fsp3) is 0.0952. The van der Waals surface area contributed by atoms with Gasteiger partial charge in [-0.25, -0.2) is 9.37 Å². The smallest absolute Gasteiger partial charge is 0.263 e. The summed E-state index contributed by atoms with van der Waals surface area (Å²) in [6, 6.07) is 13.1. The Morgan fingerprint density at radius 3 is 2.66 bits per heavy atom. The van der Waals surface area contributed by atoms with E-state index in [-0.39, 0.29) is 17.8 Å². The van der Waals surface area contributed by atoms with Crippen LogP contribution in [0, 0.1) is 12.7 Å². The molecule has 4 aromatic rings. The highest BCUT2D eigenvalue weighted by atomic mass is 35.5. The maximum atomic E-state index is 13.7. The maximum absolute atomic E-state index is 13.7. The first-order valence-electron chi connectivity index (χ1n) is 8.73. The lowest BCUT2D eigenvalue weighted by atomic mass is 10.0. The molecular formula is C21H15ClFN3O2S. The SMILES string of the molecule is Cc1sc2ncn(CC(=O)Nc3ccccc3F)c(=O)c2c1-c1ccc(Cl)cc1. The van der Waals surface area contributed by atoms with Crippen LogP contribution < -0.4 is 10.9 Å². The normalized spacial score (nSPS) is 11.0. The van der Waals surface area contributed by atoms with Crippen molar-refractivity contribution in [3.8, 4) is 11.1 Å². The van der Waals surface area contributed by atoms with Crippen LogP contribution in [0.5, 0.6) is 0 Å². The Hall–Kier alpha value is -3.03. The van der Waals surface area contributed by atoms with Gasteiger partial charge in [0.1, 0.15) is 17.2 Å². The number of rotatable bonds is 4. The Kier molecular flexibility index (Phi) is 5.17. The number of thiophene rings is 1. The second-order valence-electron chi connectivity index (χ2n) is 6.43. The zero-order valence-corrected chi connectivity index (χ0v) is 16.9. The van der Waals surface area contributed by atoms with Gasteiger partial charge in [0.15, 0.2) is 0 Å². The predicted octanol–water partition coefficient (Wildman–Crippen LogP) is 4.86. The van der Waals surface area contributed by atoms with E-state index in [1.54, 1.807) is 18.2 Å². The number of nitrogens with zero attached hydrogens (tertiary/aromatic N) is 2. The Bertz CT molecular complexity index is 1280. The largest absolute Gasteiger partial charge is 0.322 e. The molecule has 0 aliphatic carbocycles. The molecule has 1 N–H and O–H groups in total. The molecule has 0 radical (unpaired) electrons. The van der Waals surface area contributed by atoms with Crippen molar-refractivity contribution >= 4 is 44.7 Å². The first kappa shape index (κ1) is 19.3. The number of hydrogen-bond donors (Lipinski definition) is 1. The van der Waals surface area contributed by atoms with Crippen LogP contribution in [0.4, 0.5) is 10.1 Å². The molecule has 0 saturated carbocycles. The van der Waals surface area contributed by atoms with Gasteiger partial charge in [-0.3, -0.25) is 14.2 Å². The molecule has 2 aromatic carbocycles. The lowest BCUT2D eigenvalue weighted by Crippen LogP contribution is -2.28. The fourth-order valence-electron chi connectivity index (χ4n) is 3.12. The third kappa shape index (κ3) is 3.79. The summed E-state index contributed by atoms with van der Waals surface area (Å²) in [4.78, 5) is 31.3. The van der Waals surface area contributed by atoms with Crippen molar-refractivity contribution in [2.45, 2.75) is 13.5 Å². The molecular weight excluding hydrogens is 413 g/mol. The van der Waals surface area contributed by atoms with Gasteiger partial charge in [-0.2, -0.15) is 0 Å². The highest BCUT2D eigenvalue weighted by Gasteiger charge is 2.18. The van der Waals surface area contributed by atoms with Crippen molar-refractivity contribution in [3.05, 3.63) is 80.9 Å². The molecule has 0 aliphatic heterocycles. The molecule has 0 saturated heterocycles. The average Bonchev–Trinajstić information content (AvgIpc) is 3.03. The van der Waals surface area contributed by atoms with Gasteiger partial charge in [0.2, 0.25) is 5.91 Å². The third-order valence-electron chi connectivity index (χ3n) is 4.45. The Labute approximate surface area is 174 Å². The van der Waals surface area contributed by atoms with Crippen molar-refractivity contribution < 1.29 is 9.18 Å². The van der Waals surface area contributed by atoms with Gasteiger partial charge in [-0.15, -0.1) is 11.3 Å². The van der Waals surface area contributed by atoms with Gasteiger partial charge in [-0.1, -0.05) is 35.9 Å². The van der Waals surface area contributed by atoms with Gasteiger partial charge < -0.3 is 5.32 Å². The van der Waals surface area contributed by atoms with Crippen LogP contribution in [-0.4, -0.2) is 15.5 Å². The van der Waals surface area contributed by atoms with Gasteiger partial charge in [0.25, 0.3) is 5.56 Å². The van der Waals surface area contributed by atoms with E-state index < -0.39 is 11.7 Å². The Balaban J connectivity index is 1.71. The van der Waals surface area contributed by atoms with E-state index in [2.05, 4.69) is 10.3 Å². The molecule has 0 atom stereocenters. The lowest BCUT2D eigenvalue weighted by Gasteiger charge is -2.08. The summed E-state index contributed by atoms with van der Waals surface area (Å²) in [6.45, 7) is 1.65. The van der Waals surface area contributed by atoms with Crippen molar-refractivity contribution in [3.63, 3.8) is 0 Å². The molecule has 8 heteroatoms. The minimum atomic E-state index is -0.541. The zero-order chi connectivity index (χ0) is 20.5. The molecule has 146 valence electrons. The monoisotopic (exact) mass is 427 g/mol. The number of benzene rings is 2. The number of halogens is 2. The van der Waals surface area contributed by atoms with Crippen LogP contribution in [0.2, 0.25) is 5.02 Å². The van der Waals surface area contributed by atoms with Crippen LogP contribution in [0.25, 0.3) is 21.3 Å². The summed E-state index contributed by atoms with van der Waals surface area (Å²) in [6.07, 6.45) is 1.34. The summed E-state index contributed by atoms with van der Waals surface area (Å²) in [5.41, 5.74) is 1.37. The number of amides is 1. The molecule has 0 aliphatic rings. The number of fused-ring (bicyclic) bond motifs is 1. The second kappa shape index (κ2) is 7.77. The molecule has 1 amide bonds. The van der Waals surface area contributed by atoms with E-state index in [0.717, 1.165) is 16.0 Å². The van der Waals surface area contributed by atoms with Crippen molar-refractivity contribution in [2.75, 3.05) is 5.32 Å². The van der Waals surface area contributed by atoms with E-state index >= 15 is 0 Å². The summed E-state index contributed by atoms with van der Waals surface area (Å²) < 4.78 is 15.0. The van der Waals surface area contributed by atoms with Crippen LogP contribution >= 0.6 is 22.9 Å². The first-order chi connectivity index (χ1) is 13.9. The predicted molar refractivity (Wildman–Crippen MR) is 114 cm³/mol. The molecule has 0 bridgehead atoms. The Morgan fingerprint density at radius 1 is 1.21 bits per heavy atom. The molecule has 29 heavy (non-hydrogen) atoms. The minimum absolute atomic E-state index is 0.0628. The number of aromatic nitrogens is 2. The molecule has 4 rings (SSSR count). The number of carbonyl (C=O) groups is 1. The Morgan fingerprint density at radius 2 is 1.93 bits per heavy atom. The lowest BCUT2D eigenvalue weighted by molar-refractivity contribution is -0.116. The van der Waals surface area contributed by atoms with E-state index in [9.17, 15) is 14.0 Å². The minimum Gasteiger partial charge on any atom is -0.322 e. The zero-order valence-electron chi connectivity index (χ0n) is 15.3. The van der Waals surface area contributed by atoms with Crippen LogP contribution in [0.1, 0.15) is 4.88 Å². The van der Waals surface area contributed by atoms with E-state index in [1.165, 1.54) is 40.4 Å². The number of anilines is 1. The quantitative estimate of drug-likeness (QED) is 0.505. The number of hydrogen-bond acceptors (Lipinski definition) is 4. The van der Waals surface area contributed by atoms with Gasteiger partial charge >= 0.3 is 0 Å². The first-order valence-corrected chi connectivity index (χ1v) is 9.92. The van der Waals surface area contributed by atoms with Gasteiger partial charge in [0.05, 0.1) is 17.4 Å². The highest BCUT2D eigenvalue weighted by Crippen LogP contribution is 2.35. The number of carbonyl (C=O) groups excluding carboxylic acids is 1. The van der Waals surface area contributed by atoms with E-state index in [1.807, 2.05) is 19.1 Å². The van der Waals surface area contributed by atoms with Crippen molar-refractivity contribution in [1.29, 1.82) is 0 Å². The van der Waals surface area contributed by atoms with Crippen molar-refractivity contribution in [2.24, 2.45) is 0 Å². The van der Waals surface area contributed by atoms with Crippen molar-refractivity contribution in [1.82, 2.24) is 9.55 Å². The molecule has 2 aromatic heterocycles. The van der Waals surface area contributed by atoms with Crippen LogP contribution in [0.3, 0.4) is 0 Å². The van der Waals surface area contributed by atoms with E-state index in [4.69, 9.17) is 11.6 Å².